The Balaban J connectivity index is 3.57. The Bertz CT molecular complexity index is 794. The lowest BCUT2D eigenvalue weighted by atomic mass is 10.1. The maximum atomic E-state index is 12.0. The van der Waals surface area contributed by atoms with E-state index in [0.717, 1.165) is 38.5 Å². The second-order valence-electron chi connectivity index (χ2n) is 12.9. The number of allylic oxidation sites excluding steroid dienone is 2. The average Bonchev–Trinajstić information content (AvgIpc) is 3.05. The third kappa shape index (κ3) is 35.9. The minimum Gasteiger partial charge on any atom is -0.463 e. The van der Waals surface area contributed by atoms with Crippen molar-refractivity contribution in [1.82, 2.24) is 5.32 Å². The van der Waals surface area contributed by atoms with Gasteiger partial charge in [-0.15, -0.1) is 0 Å². The Morgan fingerprint density at radius 1 is 0.638 bits per heavy atom. The zero-order chi connectivity index (χ0) is 34.7. The number of aliphatic hydroxyl groups is 1. The molecule has 10 heteroatoms. The van der Waals surface area contributed by atoms with Crippen LogP contribution in [0.1, 0.15) is 181 Å². The Morgan fingerprint density at radius 3 is 1.60 bits per heavy atom. The van der Waals surface area contributed by atoms with E-state index < -0.39 is 26.5 Å². The van der Waals surface area contributed by atoms with E-state index in [0.29, 0.717) is 6.42 Å². The molecule has 0 aliphatic heterocycles. The summed E-state index contributed by atoms with van der Waals surface area (Å²) in [7, 11) is -4.40. The van der Waals surface area contributed by atoms with E-state index in [-0.39, 0.29) is 32.1 Å². The van der Waals surface area contributed by atoms with Crippen LogP contribution in [-0.4, -0.2) is 54.3 Å². The SMILES string of the molecule is CCCCCCCC/C=C/CCCCCCCCCCCC(=O)OCC(O)COP(=O)(O)OCCNC(=O)CCCCCCCCC. The Morgan fingerprint density at radius 2 is 1.09 bits per heavy atom. The zero-order valence-corrected chi connectivity index (χ0v) is 31.1. The third-order valence-electron chi connectivity index (χ3n) is 8.20. The van der Waals surface area contributed by atoms with Gasteiger partial charge in [-0.1, -0.05) is 142 Å². The van der Waals surface area contributed by atoms with Crippen LogP contribution < -0.4 is 5.32 Å². The standard InChI is InChI=1S/C37H72NO8P/c1-3-5-7-9-11-12-13-14-15-16-17-18-19-20-21-22-24-26-28-30-37(41)44-33-35(39)34-46-47(42,43)45-32-31-38-36(40)29-27-25-23-10-8-6-4-2/h14-15,35,39H,3-13,16-34H2,1-2H3,(H,38,40)(H,42,43)/b15-14+. The topological polar surface area (TPSA) is 131 Å². The highest BCUT2D eigenvalue weighted by atomic mass is 31.2. The summed E-state index contributed by atoms with van der Waals surface area (Å²) < 4.78 is 26.7. The predicted octanol–water partition coefficient (Wildman–Crippen LogP) is 9.88. The molecule has 2 unspecified atom stereocenters. The van der Waals surface area contributed by atoms with E-state index in [9.17, 15) is 24.2 Å². The number of phosphoric ester groups is 1. The number of carbonyl (C=O) groups excluding carboxylic acids is 2. The van der Waals surface area contributed by atoms with Crippen molar-refractivity contribution in [1.29, 1.82) is 0 Å². The molecule has 0 aliphatic carbocycles. The van der Waals surface area contributed by atoms with Crippen molar-refractivity contribution >= 4 is 19.7 Å². The van der Waals surface area contributed by atoms with E-state index in [1.807, 2.05) is 0 Å². The van der Waals surface area contributed by atoms with E-state index >= 15 is 0 Å². The number of hydrogen-bond acceptors (Lipinski definition) is 7. The molecule has 0 radical (unpaired) electrons. The van der Waals surface area contributed by atoms with E-state index in [1.165, 1.54) is 116 Å². The van der Waals surface area contributed by atoms with E-state index in [4.69, 9.17) is 13.8 Å². The van der Waals surface area contributed by atoms with Gasteiger partial charge in [0.15, 0.2) is 0 Å². The van der Waals surface area contributed by atoms with Gasteiger partial charge in [-0.2, -0.15) is 0 Å². The highest BCUT2D eigenvalue weighted by Gasteiger charge is 2.23. The second-order valence-corrected chi connectivity index (χ2v) is 14.4. The highest BCUT2D eigenvalue weighted by Crippen LogP contribution is 2.42. The number of esters is 1. The summed E-state index contributed by atoms with van der Waals surface area (Å²) in [6.07, 6.45) is 33.0. The molecule has 0 spiro atoms. The Hall–Kier alpha value is -1.25. The Kier molecular flexibility index (Phi) is 33.7. The minimum absolute atomic E-state index is 0.0842. The van der Waals surface area contributed by atoms with Crippen LogP contribution in [0.25, 0.3) is 0 Å². The summed E-state index contributed by atoms with van der Waals surface area (Å²) in [5.74, 6) is -0.521. The Labute approximate surface area is 288 Å². The van der Waals surface area contributed by atoms with E-state index in [2.05, 4.69) is 31.3 Å². The van der Waals surface area contributed by atoms with Gasteiger partial charge in [-0.05, 0) is 38.5 Å². The number of rotatable bonds is 36. The second kappa shape index (κ2) is 34.6. The van der Waals surface area contributed by atoms with Gasteiger partial charge in [0.05, 0.1) is 13.2 Å². The van der Waals surface area contributed by atoms with Gasteiger partial charge in [0.25, 0.3) is 0 Å². The molecule has 0 rings (SSSR count). The number of unbranched alkanes of at least 4 members (excludes halogenated alkanes) is 21. The van der Waals surface area contributed by atoms with Gasteiger partial charge in [0.2, 0.25) is 5.91 Å². The number of phosphoric acid groups is 1. The predicted molar refractivity (Wildman–Crippen MR) is 192 cm³/mol. The van der Waals surface area contributed by atoms with Crippen LogP contribution in [-0.2, 0) is 27.9 Å². The van der Waals surface area contributed by atoms with Gasteiger partial charge in [-0.25, -0.2) is 4.57 Å². The first-order chi connectivity index (χ1) is 22.8. The minimum atomic E-state index is -4.40. The van der Waals surface area contributed by atoms with Crippen molar-refractivity contribution in [2.75, 3.05) is 26.4 Å². The number of hydrogen-bond donors (Lipinski definition) is 3. The van der Waals surface area contributed by atoms with Gasteiger partial charge in [0.1, 0.15) is 12.7 Å². The summed E-state index contributed by atoms with van der Waals surface area (Å²) in [6, 6.07) is 0. The molecule has 278 valence electrons. The lowest BCUT2D eigenvalue weighted by molar-refractivity contribution is -0.147. The lowest BCUT2D eigenvalue weighted by Gasteiger charge is -2.15. The molecule has 0 aliphatic rings. The highest BCUT2D eigenvalue weighted by molar-refractivity contribution is 7.47. The van der Waals surface area contributed by atoms with Crippen molar-refractivity contribution in [2.24, 2.45) is 0 Å². The number of ether oxygens (including phenoxy) is 1. The van der Waals surface area contributed by atoms with Gasteiger partial charge >= 0.3 is 13.8 Å². The molecular weight excluding hydrogens is 617 g/mol. The van der Waals surface area contributed by atoms with Crippen LogP contribution in [0.3, 0.4) is 0 Å². The molecule has 0 saturated heterocycles. The van der Waals surface area contributed by atoms with Gasteiger partial charge in [-0.3, -0.25) is 18.6 Å². The molecule has 3 N–H and O–H groups in total. The van der Waals surface area contributed by atoms with Crippen molar-refractivity contribution in [3.8, 4) is 0 Å². The summed E-state index contributed by atoms with van der Waals surface area (Å²) in [5.41, 5.74) is 0. The fourth-order valence-electron chi connectivity index (χ4n) is 5.26. The molecule has 47 heavy (non-hydrogen) atoms. The van der Waals surface area contributed by atoms with Crippen molar-refractivity contribution in [2.45, 2.75) is 187 Å². The number of carbonyl (C=O) groups is 2. The molecule has 2 atom stereocenters. The first kappa shape index (κ1) is 45.8. The van der Waals surface area contributed by atoms with Crippen LogP contribution in [0, 0.1) is 0 Å². The molecule has 9 nitrogen and oxygen atoms in total. The molecule has 0 heterocycles. The molecule has 0 aromatic carbocycles. The molecule has 1 amide bonds. The van der Waals surface area contributed by atoms with Crippen LogP contribution in [0.4, 0.5) is 0 Å². The summed E-state index contributed by atoms with van der Waals surface area (Å²) in [4.78, 5) is 33.6. The smallest absolute Gasteiger partial charge is 0.463 e. The maximum absolute atomic E-state index is 12.0. The normalized spacial score (nSPS) is 13.5. The third-order valence-corrected chi connectivity index (χ3v) is 9.18. The van der Waals surface area contributed by atoms with Crippen molar-refractivity contribution < 1.29 is 37.9 Å². The molecule has 0 bridgehead atoms. The summed E-state index contributed by atoms with van der Waals surface area (Å²) in [6.45, 7) is 3.50. The molecule has 0 fully saturated rings. The van der Waals surface area contributed by atoms with Crippen LogP contribution in [0.5, 0.6) is 0 Å². The first-order valence-electron chi connectivity index (χ1n) is 19.2. The van der Waals surface area contributed by atoms with Crippen molar-refractivity contribution in [3.05, 3.63) is 12.2 Å². The zero-order valence-electron chi connectivity index (χ0n) is 30.2. The fourth-order valence-corrected chi connectivity index (χ4v) is 6.01. The summed E-state index contributed by atoms with van der Waals surface area (Å²) in [5, 5.41) is 12.6. The molecular formula is C37H72NO8P. The number of amides is 1. The van der Waals surface area contributed by atoms with E-state index in [1.54, 1.807) is 0 Å². The molecule has 0 saturated carbocycles. The first-order valence-corrected chi connectivity index (χ1v) is 20.7. The summed E-state index contributed by atoms with van der Waals surface area (Å²) >= 11 is 0. The average molecular weight is 690 g/mol. The van der Waals surface area contributed by atoms with Crippen LogP contribution in [0.2, 0.25) is 0 Å². The lowest BCUT2D eigenvalue weighted by Crippen LogP contribution is -2.27. The number of aliphatic hydroxyl groups excluding tert-OH is 1. The van der Waals surface area contributed by atoms with Crippen LogP contribution >= 0.6 is 7.82 Å². The molecule has 0 aromatic rings. The number of nitrogens with one attached hydrogen (secondary N) is 1. The van der Waals surface area contributed by atoms with Crippen LogP contribution in [0.15, 0.2) is 12.2 Å². The largest absolute Gasteiger partial charge is 0.472 e. The quantitative estimate of drug-likeness (QED) is 0.0256. The molecule has 0 aromatic heterocycles. The monoisotopic (exact) mass is 689 g/mol. The van der Waals surface area contributed by atoms with Crippen molar-refractivity contribution in [3.63, 3.8) is 0 Å². The fraction of sp³-hybridized carbons (Fsp3) is 0.892. The van der Waals surface area contributed by atoms with Gasteiger partial charge in [0, 0.05) is 19.4 Å². The maximum Gasteiger partial charge on any atom is 0.472 e. The van der Waals surface area contributed by atoms with Gasteiger partial charge < -0.3 is 20.1 Å².